The third kappa shape index (κ3) is 10.4. The van der Waals surface area contributed by atoms with Crippen molar-refractivity contribution in [2.75, 3.05) is 13.1 Å². The van der Waals surface area contributed by atoms with E-state index in [1.807, 2.05) is 87.5 Å². The molecular weight excluding hydrogens is 638 g/mol. The number of amides is 2. The first-order valence-electron chi connectivity index (χ1n) is 17.4. The summed E-state index contributed by atoms with van der Waals surface area (Å²) in [5.74, 6) is -0.884. The second-order valence-corrected chi connectivity index (χ2v) is 14.0. The molecule has 3 aromatic carbocycles. The Morgan fingerprint density at radius 1 is 0.900 bits per heavy atom. The molecule has 2 heterocycles. The number of hydrogen-bond acceptors (Lipinski definition) is 9. The molecule has 4 N–H and O–H groups in total. The lowest BCUT2D eigenvalue weighted by Crippen LogP contribution is -2.45. The van der Waals surface area contributed by atoms with Gasteiger partial charge >= 0.3 is 5.97 Å². The molecule has 2 fully saturated rings. The van der Waals surface area contributed by atoms with Crippen molar-refractivity contribution in [1.29, 1.82) is 0 Å². The van der Waals surface area contributed by atoms with Gasteiger partial charge in [-0.3, -0.25) is 24.5 Å². The number of hydroxylamine groups is 1. The monoisotopic (exact) mass is 687 g/mol. The molecule has 11 nitrogen and oxygen atoms in total. The lowest BCUT2D eigenvalue weighted by molar-refractivity contribution is -0.253. The smallest absolute Gasteiger partial charge is 0.323 e. The summed E-state index contributed by atoms with van der Waals surface area (Å²) in [4.78, 5) is 38.8. The number of esters is 1. The lowest BCUT2D eigenvalue weighted by atomic mass is 9.98. The number of nitrogens with one attached hydrogen (secondary N) is 2. The van der Waals surface area contributed by atoms with Crippen LogP contribution in [-0.2, 0) is 41.7 Å². The molecule has 11 heteroatoms. The lowest BCUT2D eigenvalue weighted by Gasteiger charge is -2.38. The first kappa shape index (κ1) is 37.1. The summed E-state index contributed by atoms with van der Waals surface area (Å²) in [6, 6.07) is 23.5. The Morgan fingerprint density at radius 2 is 1.62 bits per heavy atom. The highest BCUT2D eigenvalue weighted by Crippen LogP contribution is 2.39. The third-order valence-electron chi connectivity index (χ3n) is 8.94. The summed E-state index contributed by atoms with van der Waals surface area (Å²) >= 11 is 0. The number of carbonyl (C=O) groups is 3. The Kier molecular flexibility index (Phi) is 12.8. The van der Waals surface area contributed by atoms with Gasteiger partial charge in [-0.05, 0) is 86.5 Å². The largest absolute Gasteiger partial charge is 0.459 e. The van der Waals surface area contributed by atoms with Gasteiger partial charge in [0.15, 0.2) is 6.29 Å². The Bertz CT molecular complexity index is 1610. The number of hydrogen-bond donors (Lipinski definition) is 4. The summed E-state index contributed by atoms with van der Waals surface area (Å²) in [5, 5.41) is 21.1. The van der Waals surface area contributed by atoms with Crippen LogP contribution in [0.15, 0.2) is 72.8 Å². The molecule has 0 saturated carbocycles. The van der Waals surface area contributed by atoms with Crippen molar-refractivity contribution in [1.82, 2.24) is 15.7 Å². The maximum absolute atomic E-state index is 13.1. The number of carbonyl (C=O) groups excluding carboxylic acids is 3. The van der Waals surface area contributed by atoms with Crippen LogP contribution in [0.25, 0.3) is 11.1 Å². The van der Waals surface area contributed by atoms with Gasteiger partial charge in [0.1, 0.15) is 11.6 Å². The third-order valence-corrected chi connectivity index (χ3v) is 8.94. The minimum Gasteiger partial charge on any atom is -0.459 e. The molecule has 0 aliphatic carbocycles. The van der Waals surface area contributed by atoms with Crippen molar-refractivity contribution in [3.8, 4) is 11.1 Å². The summed E-state index contributed by atoms with van der Waals surface area (Å²) in [5.41, 5.74) is 6.56. The Labute approximate surface area is 293 Å². The zero-order chi connectivity index (χ0) is 35.7. The number of benzene rings is 3. The fraction of sp³-hybridized carbons (Fsp3) is 0.462. The zero-order valence-corrected chi connectivity index (χ0v) is 29.1. The quantitative estimate of drug-likeness (QED) is 0.104. The first-order valence-corrected chi connectivity index (χ1v) is 17.4. The van der Waals surface area contributed by atoms with Crippen LogP contribution in [0.4, 0.5) is 0 Å². The molecule has 2 amide bonds. The first-order chi connectivity index (χ1) is 24.0. The molecule has 2 aliphatic rings. The molecule has 4 atom stereocenters. The SMILES string of the molecule is CC(C)(C)OC(=O)[C@@H]1CCCN1C[C@@H]1C[C@H](c2ccc(CO)cc2)O[C@H](c2cccc(-c3cccc(CNC(=O)CCCC(=O)NO)c3)c2)O1. The van der Waals surface area contributed by atoms with Crippen LogP contribution in [0.5, 0.6) is 0 Å². The predicted molar refractivity (Wildman–Crippen MR) is 186 cm³/mol. The minimum atomic E-state index is -0.658. The Morgan fingerprint density at radius 3 is 2.34 bits per heavy atom. The van der Waals surface area contributed by atoms with Crippen LogP contribution < -0.4 is 10.8 Å². The summed E-state index contributed by atoms with van der Waals surface area (Å²) in [7, 11) is 0. The molecule has 0 unspecified atom stereocenters. The van der Waals surface area contributed by atoms with E-state index in [1.165, 1.54) is 0 Å². The highest BCUT2D eigenvalue weighted by atomic mass is 16.7. The Balaban J connectivity index is 1.31. The van der Waals surface area contributed by atoms with Crippen molar-refractivity contribution in [3.05, 3.63) is 95.1 Å². The number of ether oxygens (including phenoxy) is 3. The molecule has 2 aliphatic heterocycles. The number of nitrogens with zero attached hydrogens (tertiary/aromatic N) is 1. The van der Waals surface area contributed by atoms with E-state index in [9.17, 15) is 19.5 Å². The fourth-order valence-electron chi connectivity index (χ4n) is 6.46. The Hall–Kier alpha value is -4.13. The van der Waals surface area contributed by atoms with E-state index in [1.54, 1.807) is 5.48 Å². The zero-order valence-electron chi connectivity index (χ0n) is 29.1. The molecule has 3 aromatic rings. The number of aliphatic hydroxyl groups excluding tert-OH is 1. The van der Waals surface area contributed by atoms with Gasteiger partial charge in [0.2, 0.25) is 11.8 Å². The minimum absolute atomic E-state index is 0.0347. The van der Waals surface area contributed by atoms with Crippen LogP contribution in [-0.4, -0.2) is 63.8 Å². The molecule has 5 rings (SSSR count). The van der Waals surface area contributed by atoms with Crippen molar-refractivity contribution in [3.63, 3.8) is 0 Å². The van der Waals surface area contributed by atoms with Gasteiger partial charge in [0.25, 0.3) is 0 Å². The highest BCUT2D eigenvalue weighted by Gasteiger charge is 2.39. The van der Waals surface area contributed by atoms with E-state index in [-0.39, 0.29) is 49.6 Å². The maximum atomic E-state index is 13.1. The van der Waals surface area contributed by atoms with Crippen LogP contribution in [0.2, 0.25) is 0 Å². The van der Waals surface area contributed by atoms with Crippen LogP contribution in [0.1, 0.15) is 93.9 Å². The van der Waals surface area contributed by atoms with Crippen LogP contribution >= 0.6 is 0 Å². The van der Waals surface area contributed by atoms with Crippen molar-refractivity contribution >= 4 is 17.8 Å². The average Bonchev–Trinajstić information content (AvgIpc) is 3.58. The van der Waals surface area contributed by atoms with E-state index in [0.29, 0.717) is 25.9 Å². The number of aliphatic hydroxyl groups is 1. The number of rotatable bonds is 13. The van der Waals surface area contributed by atoms with E-state index < -0.39 is 17.8 Å². The standard InChI is InChI=1S/C39H49N3O8/c1-39(2,3)50-37(46)33-12-7-19-42(33)24-32-22-34(28-17-15-26(25-43)16-18-28)49-38(48-32)31-11-5-10-30(21-31)29-9-4-8-27(20-29)23-40-35(44)13-6-14-36(45)41-47/h4-5,8-11,15-18,20-21,32-34,38,43,47H,6-7,12-14,19,22-25H2,1-3H3,(H,40,44)(H,41,45)/t32-,33-,34+,38+/m0/s1. The van der Waals surface area contributed by atoms with Gasteiger partial charge in [0.05, 0.1) is 18.8 Å². The second-order valence-electron chi connectivity index (χ2n) is 14.0. The van der Waals surface area contributed by atoms with Crippen molar-refractivity contribution < 1.29 is 38.9 Å². The van der Waals surface area contributed by atoms with Crippen LogP contribution in [0, 0.1) is 0 Å². The van der Waals surface area contributed by atoms with Gasteiger partial charge in [-0.25, -0.2) is 5.48 Å². The average molecular weight is 688 g/mol. The molecule has 0 bridgehead atoms. The molecule has 0 radical (unpaired) electrons. The molecule has 2 saturated heterocycles. The summed E-state index contributed by atoms with van der Waals surface area (Å²) in [6.07, 6.45) is 1.74. The molecular formula is C39H49N3O8. The van der Waals surface area contributed by atoms with Gasteiger partial charge in [-0.2, -0.15) is 0 Å². The summed E-state index contributed by atoms with van der Waals surface area (Å²) in [6.45, 7) is 7.32. The van der Waals surface area contributed by atoms with E-state index in [4.69, 9.17) is 19.4 Å². The van der Waals surface area contributed by atoms with E-state index in [2.05, 4.69) is 16.3 Å². The maximum Gasteiger partial charge on any atom is 0.323 e. The summed E-state index contributed by atoms with van der Waals surface area (Å²) < 4.78 is 19.0. The van der Waals surface area contributed by atoms with Crippen molar-refractivity contribution in [2.45, 2.75) is 103 Å². The molecule has 0 spiro atoms. The normalized spacial score (nSPS) is 21.1. The van der Waals surface area contributed by atoms with Crippen LogP contribution in [0.3, 0.4) is 0 Å². The molecule has 50 heavy (non-hydrogen) atoms. The van der Waals surface area contributed by atoms with Gasteiger partial charge < -0.3 is 24.6 Å². The second kappa shape index (κ2) is 17.2. The topological polar surface area (TPSA) is 147 Å². The van der Waals surface area contributed by atoms with Gasteiger partial charge in [-0.15, -0.1) is 0 Å². The van der Waals surface area contributed by atoms with Gasteiger partial charge in [-0.1, -0.05) is 60.7 Å². The van der Waals surface area contributed by atoms with Gasteiger partial charge in [0, 0.05) is 37.9 Å². The highest BCUT2D eigenvalue weighted by molar-refractivity contribution is 5.78. The number of likely N-dealkylation sites (tertiary alicyclic amines) is 1. The molecule has 268 valence electrons. The van der Waals surface area contributed by atoms with E-state index >= 15 is 0 Å². The fourth-order valence-corrected chi connectivity index (χ4v) is 6.46. The molecule has 0 aromatic heterocycles. The van der Waals surface area contributed by atoms with E-state index in [0.717, 1.165) is 52.8 Å². The predicted octanol–water partition coefficient (Wildman–Crippen LogP) is 5.49. The van der Waals surface area contributed by atoms with Crippen molar-refractivity contribution in [2.24, 2.45) is 0 Å².